The minimum absolute atomic E-state index is 0.496. The molecule has 0 spiro atoms. The van der Waals surface area contributed by atoms with Gasteiger partial charge >= 0.3 is 0 Å². The Bertz CT molecular complexity index is 278. The fourth-order valence-electron chi connectivity index (χ4n) is 1.46. The van der Waals surface area contributed by atoms with Crippen LogP contribution in [0.3, 0.4) is 0 Å². The van der Waals surface area contributed by atoms with Gasteiger partial charge < -0.3 is 20.7 Å². The predicted molar refractivity (Wildman–Crippen MR) is 64.8 cm³/mol. The zero-order chi connectivity index (χ0) is 12.0. The molecule has 1 atom stereocenters. The molecule has 0 saturated carbocycles. The zero-order valence-corrected chi connectivity index (χ0v) is 9.94. The van der Waals surface area contributed by atoms with E-state index in [-0.39, 0.29) is 0 Å². The van der Waals surface area contributed by atoms with E-state index >= 15 is 0 Å². The molecule has 0 saturated heterocycles. The van der Waals surface area contributed by atoms with Crippen molar-refractivity contribution < 1.29 is 4.74 Å². The molecule has 0 amide bonds. The molecule has 1 rings (SSSR count). The maximum absolute atomic E-state index is 6.04. The van der Waals surface area contributed by atoms with Gasteiger partial charge in [0.1, 0.15) is 5.82 Å². The molecule has 1 aliphatic heterocycles. The number of nitrogens with zero attached hydrogens (tertiary/aromatic N) is 2. The van der Waals surface area contributed by atoms with Gasteiger partial charge in [-0.1, -0.05) is 0 Å². The van der Waals surface area contributed by atoms with Gasteiger partial charge in [0.05, 0.1) is 6.61 Å². The number of ether oxygens (including phenoxy) is 1. The topological polar surface area (TPSA) is 88.9 Å². The third kappa shape index (κ3) is 3.48. The van der Waals surface area contributed by atoms with Crippen molar-refractivity contribution in [2.45, 2.75) is 12.2 Å². The van der Waals surface area contributed by atoms with Crippen LogP contribution in [0.5, 0.6) is 0 Å². The molecular weight excluding hydrogens is 206 g/mol. The number of nitrogens with one attached hydrogen (secondary N) is 1. The van der Waals surface area contributed by atoms with Gasteiger partial charge in [-0.15, -0.1) is 0 Å². The van der Waals surface area contributed by atoms with Gasteiger partial charge in [0.15, 0.2) is 5.79 Å². The molecule has 0 fully saturated rings. The number of hydrogen-bond acceptors (Lipinski definition) is 6. The largest absolute Gasteiger partial charge is 0.383 e. The number of nitrogens with two attached hydrogens (primary N) is 2. The monoisotopic (exact) mass is 227 g/mol. The molecule has 0 aromatic carbocycles. The van der Waals surface area contributed by atoms with E-state index in [9.17, 15) is 0 Å². The fraction of sp³-hybridized carbons (Fsp3) is 0.700. The second kappa shape index (κ2) is 5.83. The van der Waals surface area contributed by atoms with Crippen LogP contribution in [-0.2, 0) is 4.74 Å². The molecule has 16 heavy (non-hydrogen) atoms. The van der Waals surface area contributed by atoms with Crippen LogP contribution in [0.25, 0.3) is 0 Å². The molecule has 0 aromatic rings. The van der Waals surface area contributed by atoms with Crippen molar-refractivity contribution in [3.63, 3.8) is 0 Å². The molecule has 5 N–H and O–H groups in total. The van der Waals surface area contributed by atoms with Crippen LogP contribution >= 0.6 is 0 Å². The van der Waals surface area contributed by atoms with Gasteiger partial charge in [-0.3, -0.25) is 10.7 Å². The average Bonchev–Trinajstić information content (AvgIpc) is 2.25. The normalized spacial score (nSPS) is 23.9. The SMILES string of the molecule is COCCN(C)C1=CC=NC(N)(CCN)N1. The van der Waals surface area contributed by atoms with Gasteiger partial charge in [-0.25, -0.2) is 0 Å². The molecule has 0 aromatic heterocycles. The Balaban J connectivity index is 2.56. The Labute approximate surface area is 96.3 Å². The fourth-order valence-corrected chi connectivity index (χ4v) is 1.46. The highest BCUT2D eigenvalue weighted by Gasteiger charge is 2.25. The minimum Gasteiger partial charge on any atom is -0.383 e. The summed E-state index contributed by atoms with van der Waals surface area (Å²) in [5.74, 6) is 0.156. The van der Waals surface area contributed by atoms with E-state index in [0.29, 0.717) is 19.6 Å². The Kier molecular flexibility index (Phi) is 4.72. The summed E-state index contributed by atoms with van der Waals surface area (Å²) in [5, 5.41) is 3.17. The first-order valence-electron chi connectivity index (χ1n) is 5.34. The second-order valence-electron chi connectivity index (χ2n) is 3.83. The Morgan fingerprint density at radius 1 is 1.62 bits per heavy atom. The molecule has 0 bridgehead atoms. The van der Waals surface area contributed by atoms with E-state index in [4.69, 9.17) is 16.2 Å². The Morgan fingerprint density at radius 2 is 2.38 bits per heavy atom. The maximum atomic E-state index is 6.04. The number of aliphatic imine (C=N–C) groups is 1. The zero-order valence-electron chi connectivity index (χ0n) is 9.94. The summed E-state index contributed by atoms with van der Waals surface area (Å²) in [6, 6.07) is 0. The lowest BCUT2D eigenvalue weighted by Crippen LogP contribution is -2.56. The lowest BCUT2D eigenvalue weighted by Gasteiger charge is -2.34. The van der Waals surface area contributed by atoms with Crippen molar-refractivity contribution in [2.24, 2.45) is 16.5 Å². The molecule has 1 aliphatic rings. The first kappa shape index (κ1) is 13.0. The number of allylic oxidation sites excluding steroid dienone is 1. The van der Waals surface area contributed by atoms with E-state index in [0.717, 1.165) is 12.4 Å². The summed E-state index contributed by atoms with van der Waals surface area (Å²) < 4.78 is 5.02. The van der Waals surface area contributed by atoms with E-state index in [1.165, 1.54) is 0 Å². The Morgan fingerprint density at radius 3 is 3.00 bits per heavy atom. The van der Waals surface area contributed by atoms with E-state index < -0.39 is 5.79 Å². The van der Waals surface area contributed by atoms with Gasteiger partial charge in [0, 0.05) is 33.3 Å². The second-order valence-corrected chi connectivity index (χ2v) is 3.83. The summed E-state index contributed by atoms with van der Waals surface area (Å²) in [6.45, 7) is 1.96. The van der Waals surface area contributed by atoms with Gasteiger partial charge in [0.2, 0.25) is 0 Å². The highest BCUT2D eigenvalue weighted by molar-refractivity contribution is 5.73. The van der Waals surface area contributed by atoms with Crippen LogP contribution in [0, 0.1) is 0 Å². The van der Waals surface area contributed by atoms with Crippen LogP contribution in [0.15, 0.2) is 16.9 Å². The lowest BCUT2D eigenvalue weighted by atomic mass is 10.2. The number of methoxy groups -OCH3 is 1. The predicted octanol–water partition coefficient (Wildman–Crippen LogP) is -0.959. The number of hydrogen-bond donors (Lipinski definition) is 3. The van der Waals surface area contributed by atoms with E-state index in [1.807, 2.05) is 18.0 Å². The molecule has 0 radical (unpaired) electrons. The number of likely N-dealkylation sites (N-methyl/N-ethyl adjacent to an activating group) is 1. The lowest BCUT2D eigenvalue weighted by molar-refractivity contribution is 0.166. The molecular formula is C10H21N5O. The van der Waals surface area contributed by atoms with Crippen LogP contribution in [0.4, 0.5) is 0 Å². The first-order valence-corrected chi connectivity index (χ1v) is 5.34. The smallest absolute Gasteiger partial charge is 0.184 e. The summed E-state index contributed by atoms with van der Waals surface area (Å²) in [5.41, 5.74) is 11.5. The molecule has 1 heterocycles. The quantitative estimate of drug-likeness (QED) is 0.544. The van der Waals surface area contributed by atoms with Crippen molar-refractivity contribution in [3.8, 4) is 0 Å². The van der Waals surface area contributed by atoms with Crippen molar-refractivity contribution in [2.75, 3.05) is 33.9 Å². The standard InChI is InChI=1S/C10H21N5O/c1-15(7-8-16-2)9-3-6-13-10(12,14-9)4-5-11/h3,6,14H,4-5,7-8,11-12H2,1-2H3. The third-order valence-corrected chi connectivity index (χ3v) is 2.45. The maximum Gasteiger partial charge on any atom is 0.184 e. The first-order chi connectivity index (χ1) is 7.61. The van der Waals surface area contributed by atoms with Gasteiger partial charge in [-0.2, -0.15) is 0 Å². The average molecular weight is 227 g/mol. The van der Waals surface area contributed by atoms with Crippen LogP contribution in [0.2, 0.25) is 0 Å². The molecule has 1 unspecified atom stereocenters. The highest BCUT2D eigenvalue weighted by Crippen LogP contribution is 2.11. The van der Waals surface area contributed by atoms with Gasteiger partial charge in [-0.05, 0) is 12.6 Å². The van der Waals surface area contributed by atoms with Crippen LogP contribution in [-0.4, -0.2) is 50.8 Å². The third-order valence-electron chi connectivity index (χ3n) is 2.45. The molecule has 0 aliphatic carbocycles. The van der Waals surface area contributed by atoms with Crippen molar-refractivity contribution in [3.05, 3.63) is 11.9 Å². The van der Waals surface area contributed by atoms with E-state index in [2.05, 4.69) is 10.3 Å². The van der Waals surface area contributed by atoms with E-state index in [1.54, 1.807) is 13.3 Å². The van der Waals surface area contributed by atoms with Crippen molar-refractivity contribution in [1.29, 1.82) is 0 Å². The summed E-state index contributed by atoms with van der Waals surface area (Å²) in [4.78, 5) is 6.23. The van der Waals surface area contributed by atoms with Crippen molar-refractivity contribution >= 4 is 6.21 Å². The minimum atomic E-state index is -0.778. The van der Waals surface area contributed by atoms with Crippen LogP contribution in [0.1, 0.15) is 6.42 Å². The summed E-state index contributed by atoms with van der Waals surface area (Å²) in [7, 11) is 3.65. The van der Waals surface area contributed by atoms with Crippen LogP contribution < -0.4 is 16.8 Å². The highest BCUT2D eigenvalue weighted by atomic mass is 16.5. The summed E-state index contributed by atoms with van der Waals surface area (Å²) >= 11 is 0. The van der Waals surface area contributed by atoms with Crippen molar-refractivity contribution in [1.82, 2.24) is 10.2 Å². The number of rotatable bonds is 6. The molecule has 6 heteroatoms. The Hall–Kier alpha value is -1.11. The van der Waals surface area contributed by atoms with Gasteiger partial charge in [0.25, 0.3) is 0 Å². The summed E-state index contributed by atoms with van der Waals surface area (Å²) in [6.07, 6.45) is 4.20. The molecule has 92 valence electrons. The molecule has 6 nitrogen and oxygen atoms in total.